The number of hydrogen-bond donors (Lipinski definition) is 2. The van der Waals surface area contributed by atoms with Crippen molar-refractivity contribution in [1.29, 1.82) is 0 Å². The van der Waals surface area contributed by atoms with Crippen LogP contribution in [0.5, 0.6) is 0 Å². The molecule has 2 saturated heterocycles. The van der Waals surface area contributed by atoms with Gasteiger partial charge in [0.25, 0.3) is 0 Å². The van der Waals surface area contributed by atoms with Crippen LogP contribution in [0.2, 0.25) is 0 Å². The van der Waals surface area contributed by atoms with Crippen LogP contribution in [0.15, 0.2) is 4.99 Å². The predicted octanol–water partition coefficient (Wildman–Crippen LogP) is -0.0248. The Morgan fingerprint density at radius 3 is 2.83 bits per heavy atom. The SMILES string of the molecule is NC(=NCC1COC2(CCOCC2)O1)NC1CC1. The number of nitrogens with one attached hydrogen (secondary N) is 1. The lowest BCUT2D eigenvalue weighted by atomic mass is 10.1. The van der Waals surface area contributed by atoms with Gasteiger partial charge in [-0.2, -0.15) is 0 Å². The molecule has 6 nitrogen and oxygen atoms in total. The van der Waals surface area contributed by atoms with Gasteiger partial charge in [0.15, 0.2) is 11.7 Å². The minimum Gasteiger partial charge on any atom is -0.381 e. The van der Waals surface area contributed by atoms with E-state index in [-0.39, 0.29) is 6.10 Å². The van der Waals surface area contributed by atoms with Crippen LogP contribution in [0.4, 0.5) is 0 Å². The largest absolute Gasteiger partial charge is 0.381 e. The Labute approximate surface area is 107 Å². The highest BCUT2D eigenvalue weighted by Crippen LogP contribution is 2.33. The molecule has 0 aromatic rings. The van der Waals surface area contributed by atoms with Crippen molar-refractivity contribution in [3.05, 3.63) is 0 Å². The Bertz CT molecular complexity index is 325. The minimum absolute atomic E-state index is 0.0163. The Morgan fingerprint density at radius 1 is 1.33 bits per heavy atom. The summed E-state index contributed by atoms with van der Waals surface area (Å²) in [6, 6.07) is 0.538. The second-order valence-electron chi connectivity index (χ2n) is 5.22. The van der Waals surface area contributed by atoms with E-state index in [4.69, 9.17) is 19.9 Å². The molecule has 18 heavy (non-hydrogen) atoms. The Balaban J connectivity index is 1.46. The minimum atomic E-state index is -0.420. The molecule has 3 fully saturated rings. The number of guanidine groups is 1. The third-order valence-electron chi connectivity index (χ3n) is 3.56. The maximum absolute atomic E-state index is 5.97. The summed E-state index contributed by atoms with van der Waals surface area (Å²) in [5.74, 6) is 0.103. The third-order valence-corrected chi connectivity index (χ3v) is 3.56. The van der Waals surface area contributed by atoms with Crippen molar-refractivity contribution in [2.45, 2.75) is 43.6 Å². The van der Waals surface area contributed by atoms with Gasteiger partial charge in [-0.3, -0.25) is 4.99 Å². The van der Waals surface area contributed by atoms with Crippen LogP contribution < -0.4 is 11.1 Å². The first-order chi connectivity index (χ1) is 8.76. The lowest BCUT2D eigenvalue weighted by molar-refractivity contribution is -0.210. The van der Waals surface area contributed by atoms with Crippen molar-refractivity contribution >= 4 is 5.96 Å². The van der Waals surface area contributed by atoms with Crippen LogP contribution in [0.1, 0.15) is 25.7 Å². The van der Waals surface area contributed by atoms with Crippen molar-refractivity contribution in [2.75, 3.05) is 26.4 Å². The van der Waals surface area contributed by atoms with Gasteiger partial charge in [0.1, 0.15) is 6.10 Å². The van der Waals surface area contributed by atoms with E-state index in [0.29, 0.717) is 38.4 Å². The summed E-state index contributed by atoms with van der Waals surface area (Å²) in [5.41, 5.74) is 5.79. The molecule has 3 aliphatic rings. The van der Waals surface area contributed by atoms with Gasteiger partial charge in [0.05, 0.1) is 26.4 Å². The van der Waals surface area contributed by atoms with E-state index in [9.17, 15) is 0 Å². The highest BCUT2D eigenvalue weighted by Gasteiger charge is 2.42. The van der Waals surface area contributed by atoms with Gasteiger partial charge in [-0.05, 0) is 12.8 Å². The number of hydrogen-bond acceptors (Lipinski definition) is 4. The zero-order valence-corrected chi connectivity index (χ0v) is 10.6. The molecule has 0 bridgehead atoms. The summed E-state index contributed by atoms with van der Waals surface area (Å²) in [7, 11) is 0. The molecule has 1 spiro atoms. The van der Waals surface area contributed by atoms with Crippen molar-refractivity contribution in [2.24, 2.45) is 10.7 Å². The van der Waals surface area contributed by atoms with Crippen LogP contribution in [0, 0.1) is 0 Å². The molecule has 1 atom stereocenters. The molecule has 1 saturated carbocycles. The summed E-state index contributed by atoms with van der Waals surface area (Å²) >= 11 is 0. The lowest BCUT2D eigenvalue weighted by Crippen LogP contribution is -2.38. The smallest absolute Gasteiger partial charge is 0.188 e. The van der Waals surface area contributed by atoms with Crippen LogP contribution >= 0.6 is 0 Å². The highest BCUT2D eigenvalue weighted by molar-refractivity contribution is 5.78. The first kappa shape index (κ1) is 12.2. The van der Waals surface area contributed by atoms with E-state index in [2.05, 4.69) is 10.3 Å². The van der Waals surface area contributed by atoms with Crippen LogP contribution in [0.3, 0.4) is 0 Å². The quantitative estimate of drug-likeness (QED) is 0.547. The van der Waals surface area contributed by atoms with E-state index in [1.807, 2.05) is 0 Å². The fraction of sp³-hybridized carbons (Fsp3) is 0.917. The Morgan fingerprint density at radius 2 is 2.11 bits per heavy atom. The van der Waals surface area contributed by atoms with Gasteiger partial charge in [0.2, 0.25) is 0 Å². The Hall–Kier alpha value is -0.850. The third kappa shape index (κ3) is 2.93. The zero-order chi connectivity index (χ0) is 12.4. The summed E-state index contributed by atoms with van der Waals surface area (Å²) < 4.78 is 17.1. The molecule has 0 aromatic heterocycles. The number of nitrogens with two attached hydrogens (primary N) is 1. The molecule has 0 amide bonds. The standard InChI is InChI=1S/C12H21N3O3/c13-11(15-9-1-2-9)14-7-10-8-17-12(18-10)3-5-16-6-4-12/h9-10H,1-8H2,(H3,13,14,15). The van der Waals surface area contributed by atoms with Gasteiger partial charge in [0, 0.05) is 18.9 Å². The molecule has 1 aliphatic carbocycles. The normalized spacial score (nSPS) is 31.8. The summed E-state index contributed by atoms with van der Waals surface area (Å²) in [6.45, 7) is 2.58. The first-order valence-corrected chi connectivity index (χ1v) is 6.72. The molecular weight excluding hydrogens is 234 g/mol. The average Bonchev–Trinajstić information content (AvgIpc) is 3.10. The monoisotopic (exact) mass is 255 g/mol. The van der Waals surface area contributed by atoms with E-state index in [1.165, 1.54) is 12.8 Å². The van der Waals surface area contributed by atoms with Crippen LogP contribution in [-0.4, -0.2) is 50.3 Å². The van der Waals surface area contributed by atoms with Crippen molar-refractivity contribution in [1.82, 2.24) is 5.32 Å². The van der Waals surface area contributed by atoms with Gasteiger partial charge in [-0.15, -0.1) is 0 Å². The summed E-state index contributed by atoms with van der Waals surface area (Å²) in [5, 5.41) is 3.16. The summed E-state index contributed by atoms with van der Waals surface area (Å²) in [6.07, 6.45) is 4.03. The second-order valence-corrected chi connectivity index (χ2v) is 5.22. The van der Waals surface area contributed by atoms with E-state index < -0.39 is 5.79 Å². The molecule has 102 valence electrons. The fourth-order valence-electron chi connectivity index (χ4n) is 2.33. The van der Waals surface area contributed by atoms with Crippen LogP contribution in [0.25, 0.3) is 0 Å². The molecule has 2 aliphatic heterocycles. The molecular formula is C12H21N3O3. The van der Waals surface area contributed by atoms with E-state index >= 15 is 0 Å². The molecule has 0 aromatic carbocycles. The second kappa shape index (κ2) is 5.03. The van der Waals surface area contributed by atoms with E-state index in [1.54, 1.807) is 0 Å². The lowest BCUT2D eigenvalue weighted by Gasteiger charge is -2.31. The summed E-state index contributed by atoms with van der Waals surface area (Å²) in [4.78, 5) is 4.31. The first-order valence-electron chi connectivity index (χ1n) is 6.72. The molecule has 6 heteroatoms. The van der Waals surface area contributed by atoms with Crippen molar-refractivity contribution in [3.63, 3.8) is 0 Å². The highest BCUT2D eigenvalue weighted by atomic mass is 16.7. The molecule has 3 rings (SSSR count). The average molecular weight is 255 g/mol. The predicted molar refractivity (Wildman–Crippen MR) is 66.3 cm³/mol. The van der Waals surface area contributed by atoms with E-state index in [0.717, 1.165) is 12.8 Å². The number of ether oxygens (including phenoxy) is 3. The Kier molecular flexibility index (Phi) is 3.41. The zero-order valence-electron chi connectivity index (χ0n) is 10.6. The maximum Gasteiger partial charge on any atom is 0.188 e. The maximum atomic E-state index is 5.97. The van der Waals surface area contributed by atoms with Gasteiger partial charge < -0.3 is 25.3 Å². The van der Waals surface area contributed by atoms with Crippen molar-refractivity contribution in [3.8, 4) is 0 Å². The molecule has 1 unspecified atom stereocenters. The molecule has 2 heterocycles. The number of rotatable bonds is 3. The van der Waals surface area contributed by atoms with Crippen molar-refractivity contribution < 1.29 is 14.2 Å². The molecule has 3 N–H and O–H groups in total. The topological polar surface area (TPSA) is 78.1 Å². The van der Waals surface area contributed by atoms with Gasteiger partial charge >= 0.3 is 0 Å². The van der Waals surface area contributed by atoms with Gasteiger partial charge in [-0.1, -0.05) is 0 Å². The fourth-order valence-corrected chi connectivity index (χ4v) is 2.33. The number of nitrogens with zero attached hydrogens (tertiary/aromatic N) is 1. The molecule has 0 radical (unpaired) electrons. The number of aliphatic imine (C=N–C) groups is 1. The van der Waals surface area contributed by atoms with Crippen LogP contribution in [-0.2, 0) is 14.2 Å². The van der Waals surface area contributed by atoms with Gasteiger partial charge in [-0.25, -0.2) is 0 Å².